The Hall–Kier alpha value is -2.64. The van der Waals surface area contributed by atoms with Gasteiger partial charge in [0.15, 0.2) is 11.2 Å². The zero-order valence-electron chi connectivity index (χ0n) is 14.4. The van der Waals surface area contributed by atoms with Gasteiger partial charge in [0, 0.05) is 26.2 Å². The highest BCUT2D eigenvalue weighted by Crippen LogP contribution is 2.16. The molecule has 0 unspecified atom stereocenters. The van der Waals surface area contributed by atoms with Crippen LogP contribution in [0.4, 0.5) is 0 Å². The third kappa shape index (κ3) is 2.57. The van der Waals surface area contributed by atoms with Gasteiger partial charge in [0.2, 0.25) is 0 Å². The SMILES string of the molecule is Cc1noc(C)c1CCCCn1cnc2c1c(=O)n(C)c(=O)n2C. The predicted octanol–water partition coefficient (Wildman–Crippen LogP) is 1.06. The van der Waals surface area contributed by atoms with Crippen LogP contribution in [0, 0.1) is 13.8 Å². The number of aryl methyl sites for hydroxylation is 4. The number of rotatable bonds is 5. The summed E-state index contributed by atoms with van der Waals surface area (Å²) >= 11 is 0. The van der Waals surface area contributed by atoms with Gasteiger partial charge >= 0.3 is 5.69 Å². The lowest BCUT2D eigenvalue weighted by atomic mass is 10.1. The van der Waals surface area contributed by atoms with Crippen LogP contribution in [-0.2, 0) is 27.1 Å². The number of unbranched alkanes of at least 4 members (excludes halogenated alkanes) is 1. The van der Waals surface area contributed by atoms with E-state index in [1.807, 2.05) is 18.4 Å². The minimum atomic E-state index is -0.365. The van der Waals surface area contributed by atoms with Gasteiger partial charge < -0.3 is 9.09 Å². The van der Waals surface area contributed by atoms with Gasteiger partial charge in [-0.05, 0) is 33.1 Å². The van der Waals surface area contributed by atoms with Crippen LogP contribution in [-0.4, -0.2) is 23.8 Å². The number of nitrogens with zero attached hydrogens (tertiary/aromatic N) is 5. The Morgan fingerprint density at radius 3 is 2.54 bits per heavy atom. The highest BCUT2D eigenvalue weighted by Gasteiger charge is 2.14. The molecule has 0 fully saturated rings. The zero-order chi connectivity index (χ0) is 17.4. The van der Waals surface area contributed by atoms with Gasteiger partial charge in [-0.3, -0.25) is 13.9 Å². The van der Waals surface area contributed by atoms with Gasteiger partial charge in [0.05, 0.1) is 12.0 Å². The van der Waals surface area contributed by atoms with Crippen LogP contribution < -0.4 is 11.2 Å². The second-order valence-electron chi connectivity index (χ2n) is 6.08. The summed E-state index contributed by atoms with van der Waals surface area (Å²) in [6, 6.07) is 0. The number of aromatic nitrogens is 5. The molecule has 0 bridgehead atoms. The first-order valence-corrected chi connectivity index (χ1v) is 7.94. The fraction of sp³-hybridized carbons (Fsp3) is 0.500. The van der Waals surface area contributed by atoms with Crippen molar-refractivity contribution in [1.82, 2.24) is 23.8 Å². The van der Waals surface area contributed by atoms with Crippen molar-refractivity contribution in [3.63, 3.8) is 0 Å². The lowest BCUT2D eigenvalue weighted by Crippen LogP contribution is -2.37. The maximum absolute atomic E-state index is 12.4. The van der Waals surface area contributed by atoms with Gasteiger partial charge in [-0.25, -0.2) is 9.78 Å². The fourth-order valence-corrected chi connectivity index (χ4v) is 3.01. The molecule has 0 atom stereocenters. The normalized spacial score (nSPS) is 11.5. The van der Waals surface area contributed by atoms with Crippen molar-refractivity contribution >= 4 is 11.2 Å². The second kappa shape index (κ2) is 6.10. The van der Waals surface area contributed by atoms with E-state index in [2.05, 4.69) is 10.1 Å². The highest BCUT2D eigenvalue weighted by atomic mass is 16.5. The molecule has 0 aliphatic rings. The van der Waals surface area contributed by atoms with Crippen LogP contribution in [0.3, 0.4) is 0 Å². The summed E-state index contributed by atoms with van der Waals surface area (Å²) in [5.41, 5.74) is 2.31. The van der Waals surface area contributed by atoms with Crippen LogP contribution in [0.5, 0.6) is 0 Å². The third-order valence-corrected chi connectivity index (χ3v) is 4.47. The Balaban J connectivity index is 1.77. The molecule has 0 aliphatic carbocycles. The minimum absolute atomic E-state index is 0.309. The van der Waals surface area contributed by atoms with Crippen molar-refractivity contribution in [3.05, 3.63) is 44.2 Å². The summed E-state index contributed by atoms with van der Waals surface area (Å²) < 4.78 is 9.51. The number of hydrogen-bond acceptors (Lipinski definition) is 5. The molecule has 0 spiro atoms. The van der Waals surface area contributed by atoms with Gasteiger partial charge in [0.25, 0.3) is 5.56 Å². The first kappa shape index (κ1) is 16.2. The number of hydrogen-bond donors (Lipinski definition) is 0. The average Bonchev–Trinajstić information content (AvgIpc) is 3.12. The van der Waals surface area contributed by atoms with E-state index in [1.165, 1.54) is 11.6 Å². The number of imidazole rings is 1. The summed E-state index contributed by atoms with van der Waals surface area (Å²) in [4.78, 5) is 28.5. The Morgan fingerprint density at radius 1 is 1.12 bits per heavy atom. The van der Waals surface area contributed by atoms with Crippen LogP contribution in [0.15, 0.2) is 20.4 Å². The van der Waals surface area contributed by atoms with E-state index in [0.29, 0.717) is 17.7 Å². The largest absolute Gasteiger partial charge is 0.361 e. The second-order valence-corrected chi connectivity index (χ2v) is 6.08. The number of fused-ring (bicyclic) bond motifs is 1. The molecule has 3 rings (SSSR count). The summed E-state index contributed by atoms with van der Waals surface area (Å²) in [6.07, 6.45) is 4.36. The van der Waals surface area contributed by atoms with Gasteiger partial charge in [-0.2, -0.15) is 0 Å². The molecular weight excluding hydrogens is 310 g/mol. The minimum Gasteiger partial charge on any atom is -0.361 e. The molecule has 3 aromatic heterocycles. The Morgan fingerprint density at radius 2 is 1.88 bits per heavy atom. The molecule has 8 nitrogen and oxygen atoms in total. The van der Waals surface area contributed by atoms with Crippen molar-refractivity contribution in [3.8, 4) is 0 Å². The fourth-order valence-electron chi connectivity index (χ4n) is 3.01. The zero-order valence-corrected chi connectivity index (χ0v) is 14.4. The summed E-state index contributed by atoms with van der Waals surface area (Å²) in [7, 11) is 3.11. The molecule has 0 saturated carbocycles. The molecule has 0 saturated heterocycles. The maximum Gasteiger partial charge on any atom is 0.332 e. The first-order valence-electron chi connectivity index (χ1n) is 7.94. The van der Waals surface area contributed by atoms with Gasteiger partial charge in [0.1, 0.15) is 5.76 Å². The van der Waals surface area contributed by atoms with E-state index in [1.54, 1.807) is 13.4 Å². The van der Waals surface area contributed by atoms with Crippen LogP contribution in [0.1, 0.15) is 29.9 Å². The molecule has 128 valence electrons. The molecule has 0 N–H and O–H groups in total. The monoisotopic (exact) mass is 331 g/mol. The Bertz CT molecular complexity index is 986. The van der Waals surface area contributed by atoms with E-state index in [0.717, 1.165) is 40.8 Å². The van der Waals surface area contributed by atoms with E-state index >= 15 is 0 Å². The topological polar surface area (TPSA) is 87.8 Å². The molecule has 3 heterocycles. The van der Waals surface area contributed by atoms with Crippen molar-refractivity contribution in [1.29, 1.82) is 0 Å². The van der Waals surface area contributed by atoms with Crippen molar-refractivity contribution in [2.75, 3.05) is 0 Å². The lowest BCUT2D eigenvalue weighted by molar-refractivity contribution is 0.392. The van der Waals surface area contributed by atoms with Gasteiger partial charge in [-0.1, -0.05) is 5.16 Å². The molecule has 0 amide bonds. The van der Waals surface area contributed by atoms with Crippen LogP contribution in [0.2, 0.25) is 0 Å². The quantitative estimate of drug-likeness (QED) is 0.652. The molecule has 0 aliphatic heterocycles. The lowest BCUT2D eigenvalue weighted by Gasteiger charge is -2.06. The molecule has 24 heavy (non-hydrogen) atoms. The summed E-state index contributed by atoms with van der Waals surface area (Å²) in [5.74, 6) is 0.865. The smallest absolute Gasteiger partial charge is 0.332 e. The van der Waals surface area contributed by atoms with Crippen LogP contribution in [0.25, 0.3) is 11.2 Å². The molecule has 0 aromatic carbocycles. The average molecular weight is 331 g/mol. The van der Waals surface area contributed by atoms with Crippen molar-refractivity contribution in [2.45, 2.75) is 39.7 Å². The van der Waals surface area contributed by atoms with E-state index in [4.69, 9.17) is 4.52 Å². The van der Waals surface area contributed by atoms with Crippen molar-refractivity contribution in [2.24, 2.45) is 14.1 Å². The Labute approximate surface area is 138 Å². The standard InChI is InChI=1S/C16H21N5O3/c1-10-12(11(2)24-18-10)7-5-6-8-21-9-17-14-13(21)15(22)20(4)16(23)19(14)3/h9H,5-8H2,1-4H3. The van der Waals surface area contributed by atoms with E-state index in [-0.39, 0.29) is 11.2 Å². The predicted molar refractivity (Wildman–Crippen MR) is 89.1 cm³/mol. The Kier molecular flexibility index (Phi) is 4.13. The molecular formula is C16H21N5O3. The third-order valence-electron chi connectivity index (χ3n) is 4.47. The van der Waals surface area contributed by atoms with E-state index in [9.17, 15) is 9.59 Å². The summed E-state index contributed by atoms with van der Waals surface area (Å²) in [5, 5.41) is 3.96. The molecule has 0 radical (unpaired) electrons. The van der Waals surface area contributed by atoms with Gasteiger partial charge in [-0.15, -0.1) is 0 Å². The molecule has 3 aromatic rings. The van der Waals surface area contributed by atoms with Crippen LogP contribution >= 0.6 is 0 Å². The first-order chi connectivity index (χ1) is 11.4. The van der Waals surface area contributed by atoms with Crippen molar-refractivity contribution < 1.29 is 4.52 Å². The maximum atomic E-state index is 12.4. The summed E-state index contributed by atoms with van der Waals surface area (Å²) in [6.45, 7) is 4.54. The molecule has 8 heteroatoms. The van der Waals surface area contributed by atoms with E-state index < -0.39 is 0 Å². The highest BCUT2D eigenvalue weighted by molar-refractivity contribution is 5.69.